The number of hydrogen-bond donors (Lipinski definition) is 1. The van der Waals surface area contributed by atoms with Crippen LogP contribution in [-0.4, -0.2) is 54.5 Å². The average Bonchev–Trinajstić information content (AvgIpc) is 2.79. The molecular formula is C24H30ClN3O3. The van der Waals surface area contributed by atoms with E-state index in [1.807, 2.05) is 61.3 Å². The average molecular weight is 444 g/mol. The van der Waals surface area contributed by atoms with Crippen LogP contribution in [0.15, 0.2) is 54.6 Å². The molecule has 166 valence electrons. The molecule has 1 heterocycles. The Hall–Kier alpha value is -2.73. The SMILES string of the molecule is CC[C@@H](Oc1ccccc1Cl)C(=O)N(C)CC1CCN(C(=O)Nc2ccccc2)CC1. The molecule has 7 heteroatoms. The number of carbonyl (C=O) groups is 2. The molecule has 1 saturated heterocycles. The Morgan fingerprint density at radius 1 is 1.13 bits per heavy atom. The van der Waals surface area contributed by atoms with E-state index in [9.17, 15) is 9.59 Å². The highest BCUT2D eigenvalue weighted by molar-refractivity contribution is 6.32. The van der Waals surface area contributed by atoms with E-state index in [4.69, 9.17) is 16.3 Å². The van der Waals surface area contributed by atoms with Crippen LogP contribution in [0.25, 0.3) is 0 Å². The van der Waals surface area contributed by atoms with E-state index in [1.165, 1.54) is 0 Å². The van der Waals surface area contributed by atoms with Crippen molar-refractivity contribution in [1.82, 2.24) is 9.80 Å². The van der Waals surface area contributed by atoms with E-state index < -0.39 is 6.10 Å². The van der Waals surface area contributed by atoms with Gasteiger partial charge in [-0.3, -0.25) is 4.79 Å². The summed E-state index contributed by atoms with van der Waals surface area (Å²) in [6.07, 6.45) is 1.72. The van der Waals surface area contributed by atoms with E-state index >= 15 is 0 Å². The summed E-state index contributed by atoms with van der Waals surface area (Å²) in [5.74, 6) is 0.828. The first-order chi connectivity index (χ1) is 15.0. The van der Waals surface area contributed by atoms with Crippen molar-refractivity contribution in [2.75, 3.05) is 32.0 Å². The van der Waals surface area contributed by atoms with Gasteiger partial charge in [-0.25, -0.2) is 4.79 Å². The molecule has 31 heavy (non-hydrogen) atoms. The van der Waals surface area contributed by atoms with E-state index in [2.05, 4.69) is 5.32 Å². The Balaban J connectivity index is 1.47. The maximum Gasteiger partial charge on any atom is 0.321 e. The van der Waals surface area contributed by atoms with Crippen LogP contribution in [0.2, 0.25) is 5.02 Å². The summed E-state index contributed by atoms with van der Waals surface area (Å²) >= 11 is 6.17. The van der Waals surface area contributed by atoms with Crippen molar-refractivity contribution in [3.63, 3.8) is 0 Å². The number of piperidine rings is 1. The third-order valence-electron chi connectivity index (χ3n) is 5.59. The normalized spacial score (nSPS) is 15.3. The number of likely N-dealkylation sites (N-methyl/N-ethyl adjacent to an activating group) is 1. The second-order valence-electron chi connectivity index (χ2n) is 7.89. The monoisotopic (exact) mass is 443 g/mol. The van der Waals surface area contributed by atoms with Crippen molar-refractivity contribution >= 4 is 29.2 Å². The Morgan fingerprint density at radius 3 is 2.42 bits per heavy atom. The lowest BCUT2D eigenvalue weighted by atomic mass is 9.96. The molecule has 0 aromatic heterocycles. The third-order valence-corrected chi connectivity index (χ3v) is 5.90. The highest BCUT2D eigenvalue weighted by Crippen LogP contribution is 2.26. The number of nitrogens with zero attached hydrogens (tertiary/aromatic N) is 2. The number of hydrogen-bond acceptors (Lipinski definition) is 3. The summed E-state index contributed by atoms with van der Waals surface area (Å²) in [6.45, 7) is 3.93. The fourth-order valence-corrected chi connectivity index (χ4v) is 3.95. The molecule has 3 amide bonds. The zero-order valence-electron chi connectivity index (χ0n) is 18.1. The molecule has 0 radical (unpaired) electrons. The minimum atomic E-state index is -0.568. The van der Waals surface area contributed by atoms with Crippen molar-refractivity contribution in [3.8, 4) is 5.75 Å². The first-order valence-electron chi connectivity index (χ1n) is 10.7. The van der Waals surface area contributed by atoms with Crippen LogP contribution >= 0.6 is 11.6 Å². The van der Waals surface area contributed by atoms with Gasteiger partial charge in [-0.05, 0) is 49.4 Å². The maximum absolute atomic E-state index is 12.9. The Bertz CT molecular complexity index is 869. The number of nitrogens with one attached hydrogen (secondary N) is 1. The summed E-state index contributed by atoms with van der Waals surface area (Å²) in [5.41, 5.74) is 0.795. The number of para-hydroxylation sites is 2. The molecule has 1 aliphatic rings. The number of likely N-dealkylation sites (tertiary alicyclic amines) is 1. The van der Waals surface area contributed by atoms with Gasteiger partial charge in [-0.1, -0.05) is 48.9 Å². The van der Waals surface area contributed by atoms with Gasteiger partial charge in [0.25, 0.3) is 5.91 Å². The van der Waals surface area contributed by atoms with Crippen LogP contribution in [0.3, 0.4) is 0 Å². The van der Waals surface area contributed by atoms with Crippen molar-refractivity contribution in [2.24, 2.45) is 5.92 Å². The van der Waals surface area contributed by atoms with Crippen LogP contribution < -0.4 is 10.1 Å². The minimum Gasteiger partial charge on any atom is -0.479 e. The minimum absolute atomic E-state index is 0.0494. The lowest BCUT2D eigenvalue weighted by Crippen LogP contribution is -2.45. The topological polar surface area (TPSA) is 61.9 Å². The van der Waals surface area contributed by atoms with Gasteiger partial charge in [0.2, 0.25) is 0 Å². The quantitative estimate of drug-likeness (QED) is 0.662. The number of rotatable bonds is 7. The highest BCUT2D eigenvalue weighted by Gasteiger charge is 2.28. The summed E-state index contributed by atoms with van der Waals surface area (Å²) in [4.78, 5) is 29.0. The van der Waals surface area contributed by atoms with Gasteiger partial charge in [0, 0.05) is 32.4 Å². The second kappa shape index (κ2) is 11.0. The van der Waals surface area contributed by atoms with E-state index in [-0.39, 0.29) is 11.9 Å². The molecular weight excluding hydrogens is 414 g/mol. The molecule has 1 N–H and O–H groups in total. The first kappa shape index (κ1) is 22.9. The van der Waals surface area contributed by atoms with Crippen molar-refractivity contribution in [3.05, 3.63) is 59.6 Å². The second-order valence-corrected chi connectivity index (χ2v) is 8.30. The van der Waals surface area contributed by atoms with E-state index in [0.717, 1.165) is 18.5 Å². The molecule has 0 spiro atoms. The summed E-state index contributed by atoms with van der Waals surface area (Å²) in [7, 11) is 1.81. The standard InChI is InChI=1S/C24H30ClN3O3/c1-3-21(31-22-12-8-7-11-20(22)25)23(29)27(2)17-18-13-15-28(16-14-18)24(30)26-19-9-5-4-6-10-19/h4-12,18,21H,3,13-17H2,1-2H3,(H,26,30)/t21-/m1/s1. The molecule has 2 aromatic rings. The van der Waals surface area contributed by atoms with Gasteiger partial charge in [0.05, 0.1) is 5.02 Å². The van der Waals surface area contributed by atoms with Crippen LogP contribution in [0.5, 0.6) is 5.75 Å². The summed E-state index contributed by atoms with van der Waals surface area (Å²) in [5, 5.41) is 3.43. The van der Waals surface area contributed by atoms with Gasteiger partial charge in [-0.2, -0.15) is 0 Å². The van der Waals surface area contributed by atoms with Gasteiger partial charge in [0.15, 0.2) is 6.10 Å². The van der Waals surface area contributed by atoms with Gasteiger partial charge in [-0.15, -0.1) is 0 Å². The van der Waals surface area contributed by atoms with Crippen LogP contribution in [-0.2, 0) is 4.79 Å². The van der Waals surface area contributed by atoms with Crippen molar-refractivity contribution in [1.29, 1.82) is 0 Å². The number of carbonyl (C=O) groups excluding carboxylic acids is 2. The van der Waals surface area contributed by atoms with Crippen LogP contribution in [0, 0.1) is 5.92 Å². The fraction of sp³-hybridized carbons (Fsp3) is 0.417. The van der Waals surface area contributed by atoms with Gasteiger partial charge >= 0.3 is 6.03 Å². The largest absolute Gasteiger partial charge is 0.479 e. The Kier molecular flexibility index (Phi) is 8.18. The number of urea groups is 1. The van der Waals surface area contributed by atoms with Crippen LogP contribution in [0.1, 0.15) is 26.2 Å². The zero-order valence-corrected chi connectivity index (χ0v) is 18.8. The smallest absolute Gasteiger partial charge is 0.321 e. The van der Waals surface area contributed by atoms with Gasteiger partial charge < -0.3 is 19.9 Å². The van der Waals surface area contributed by atoms with Crippen molar-refractivity contribution in [2.45, 2.75) is 32.3 Å². The predicted octanol–water partition coefficient (Wildman–Crippen LogP) is 4.90. The zero-order chi connectivity index (χ0) is 22.2. The third kappa shape index (κ3) is 6.37. The van der Waals surface area contributed by atoms with E-state index in [0.29, 0.717) is 42.7 Å². The molecule has 0 saturated carbocycles. The molecule has 1 aliphatic heterocycles. The molecule has 6 nitrogen and oxygen atoms in total. The predicted molar refractivity (Wildman–Crippen MR) is 124 cm³/mol. The number of amides is 3. The van der Waals surface area contributed by atoms with Gasteiger partial charge in [0.1, 0.15) is 5.75 Å². The molecule has 3 rings (SSSR count). The molecule has 1 fully saturated rings. The molecule has 2 aromatic carbocycles. The molecule has 0 bridgehead atoms. The maximum atomic E-state index is 12.9. The summed E-state index contributed by atoms with van der Waals surface area (Å²) in [6, 6.07) is 16.6. The van der Waals surface area contributed by atoms with Crippen LogP contribution in [0.4, 0.5) is 10.5 Å². The van der Waals surface area contributed by atoms with Crippen molar-refractivity contribution < 1.29 is 14.3 Å². The Morgan fingerprint density at radius 2 is 1.77 bits per heavy atom. The number of ether oxygens (including phenoxy) is 1. The Labute approximate surface area is 189 Å². The molecule has 0 unspecified atom stereocenters. The number of halogens is 1. The first-order valence-corrected chi connectivity index (χ1v) is 11.1. The fourth-order valence-electron chi connectivity index (χ4n) is 3.77. The lowest BCUT2D eigenvalue weighted by molar-refractivity contribution is -0.138. The van der Waals surface area contributed by atoms with E-state index in [1.54, 1.807) is 17.0 Å². The number of anilines is 1. The number of benzene rings is 2. The highest BCUT2D eigenvalue weighted by atomic mass is 35.5. The lowest BCUT2D eigenvalue weighted by Gasteiger charge is -2.34. The molecule has 1 atom stereocenters. The summed E-state index contributed by atoms with van der Waals surface area (Å²) < 4.78 is 5.89. The molecule has 0 aliphatic carbocycles.